The quantitative estimate of drug-likeness (QED) is 0.152. The SMILES string of the molecule is C=C\C(Cl)=C/C=C(C)/C(C)=N/c1ccc(ON2CCC3(C/C=C\C=C/CCCC3)C2)cc1/N=C/CCCCC(=O)O. The van der Waals surface area contributed by atoms with Crippen molar-refractivity contribution in [1.82, 2.24) is 5.06 Å². The van der Waals surface area contributed by atoms with Crippen LogP contribution in [0, 0.1) is 5.41 Å². The number of allylic oxidation sites excluding steroid dienone is 9. The number of carboxylic acid groups (broad SMARTS) is 1. The number of carbonyl (C=O) groups is 1. The molecule has 1 aromatic rings. The van der Waals surface area contributed by atoms with Gasteiger partial charge in [-0.3, -0.25) is 14.8 Å². The molecule has 1 heterocycles. The fourth-order valence-corrected chi connectivity index (χ4v) is 5.09. The smallest absolute Gasteiger partial charge is 0.303 e. The lowest BCUT2D eigenvalue weighted by Gasteiger charge is -2.28. The minimum absolute atomic E-state index is 0.172. The summed E-state index contributed by atoms with van der Waals surface area (Å²) in [6, 6.07) is 5.84. The zero-order chi connectivity index (χ0) is 29.5. The van der Waals surface area contributed by atoms with Gasteiger partial charge in [0.05, 0.1) is 11.4 Å². The summed E-state index contributed by atoms with van der Waals surface area (Å²) in [5, 5.41) is 11.5. The van der Waals surface area contributed by atoms with Gasteiger partial charge in [-0.1, -0.05) is 61.1 Å². The van der Waals surface area contributed by atoms with Crippen molar-refractivity contribution in [2.24, 2.45) is 15.4 Å². The van der Waals surface area contributed by atoms with Crippen LogP contribution in [0.4, 0.5) is 11.4 Å². The van der Waals surface area contributed by atoms with Crippen LogP contribution in [0.5, 0.6) is 5.75 Å². The summed E-state index contributed by atoms with van der Waals surface area (Å²) in [6.45, 7) is 9.43. The standard InChI is InChI=1S/C34H44ClN3O3/c1-4-29(35)17-16-27(2)28(3)37-31-19-18-30(25-32(31)36-23-14-10-11-15-33(39)40)41-38-24-22-34(26-38)20-12-8-6-5-7-9-13-21-34/h4-6,8,12,16-19,23,25H,1,7,9-11,13-15,20-22,24,26H2,2-3H3,(H,39,40)/b6-5-,12-8-,27-16+,29-17+,36-23+,37-28+. The Morgan fingerprint density at radius 1 is 1.15 bits per heavy atom. The van der Waals surface area contributed by atoms with Gasteiger partial charge in [0.1, 0.15) is 5.75 Å². The number of hydroxylamine groups is 2. The van der Waals surface area contributed by atoms with Gasteiger partial charge in [0, 0.05) is 42.5 Å². The fraction of sp³-hybridized carbons (Fsp3) is 0.441. The molecule has 1 atom stereocenters. The molecule has 1 unspecified atom stereocenters. The maximum atomic E-state index is 10.8. The molecule has 0 radical (unpaired) electrons. The first-order chi connectivity index (χ1) is 19.8. The predicted octanol–water partition coefficient (Wildman–Crippen LogP) is 9.44. The van der Waals surface area contributed by atoms with Gasteiger partial charge in [-0.2, -0.15) is 0 Å². The van der Waals surface area contributed by atoms with Crippen molar-refractivity contribution < 1.29 is 14.7 Å². The molecule has 0 aromatic heterocycles. The Kier molecular flexibility index (Phi) is 13.3. The number of unbranched alkanes of at least 4 members (excludes halogenated alkanes) is 2. The van der Waals surface area contributed by atoms with Gasteiger partial charge < -0.3 is 9.94 Å². The summed E-state index contributed by atoms with van der Waals surface area (Å²) < 4.78 is 0. The molecule has 1 aliphatic carbocycles. The highest BCUT2D eigenvalue weighted by molar-refractivity contribution is 6.31. The summed E-state index contributed by atoms with van der Waals surface area (Å²) in [7, 11) is 0. The van der Waals surface area contributed by atoms with Crippen molar-refractivity contribution in [3.63, 3.8) is 0 Å². The number of aliphatic imine (C=N–C) groups is 2. The van der Waals surface area contributed by atoms with Gasteiger partial charge in [-0.15, -0.1) is 5.06 Å². The average molecular weight is 578 g/mol. The van der Waals surface area contributed by atoms with E-state index in [9.17, 15) is 4.79 Å². The Hall–Kier alpha value is -3.22. The van der Waals surface area contributed by atoms with Crippen LogP contribution in [0.1, 0.15) is 78.1 Å². The highest BCUT2D eigenvalue weighted by Gasteiger charge is 2.38. The van der Waals surface area contributed by atoms with E-state index in [1.54, 1.807) is 12.2 Å². The van der Waals surface area contributed by atoms with Gasteiger partial charge in [0.15, 0.2) is 0 Å². The summed E-state index contributed by atoms with van der Waals surface area (Å²) in [4.78, 5) is 26.8. The third-order valence-electron chi connectivity index (χ3n) is 7.60. The van der Waals surface area contributed by atoms with E-state index in [1.165, 1.54) is 19.3 Å². The van der Waals surface area contributed by atoms with E-state index in [2.05, 4.69) is 35.9 Å². The second kappa shape index (κ2) is 16.9. The number of aliphatic carboxylic acids is 1. The maximum absolute atomic E-state index is 10.8. The van der Waals surface area contributed by atoms with E-state index in [0.29, 0.717) is 17.9 Å². The first-order valence-electron chi connectivity index (χ1n) is 14.7. The molecule has 1 aromatic carbocycles. The molecular weight excluding hydrogens is 534 g/mol. The van der Waals surface area contributed by atoms with Crippen LogP contribution in [-0.4, -0.2) is 41.2 Å². The Balaban J connectivity index is 1.77. The number of benzene rings is 1. The molecule has 6 nitrogen and oxygen atoms in total. The lowest BCUT2D eigenvalue weighted by molar-refractivity contribution is -0.137. The van der Waals surface area contributed by atoms with E-state index >= 15 is 0 Å². The third-order valence-corrected chi connectivity index (χ3v) is 7.88. The molecule has 3 rings (SSSR count). The first kappa shape index (κ1) is 32.3. The zero-order valence-electron chi connectivity index (χ0n) is 24.5. The van der Waals surface area contributed by atoms with Gasteiger partial charge in [-0.05, 0) is 94.4 Å². The second-order valence-corrected chi connectivity index (χ2v) is 11.4. The molecule has 0 bridgehead atoms. The highest BCUT2D eigenvalue weighted by atomic mass is 35.5. The number of rotatable bonds is 12. The topological polar surface area (TPSA) is 74.5 Å². The molecule has 41 heavy (non-hydrogen) atoms. The molecule has 1 aliphatic heterocycles. The van der Waals surface area contributed by atoms with E-state index < -0.39 is 5.97 Å². The molecule has 220 valence electrons. The lowest BCUT2D eigenvalue weighted by atomic mass is 9.78. The van der Waals surface area contributed by atoms with Crippen molar-refractivity contribution in [2.45, 2.75) is 78.1 Å². The second-order valence-electron chi connectivity index (χ2n) is 10.9. The average Bonchev–Trinajstić information content (AvgIpc) is 3.35. The molecule has 7 heteroatoms. The van der Waals surface area contributed by atoms with Crippen molar-refractivity contribution >= 4 is 40.9 Å². The molecular formula is C34H44ClN3O3. The molecule has 2 aliphatic rings. The first-order valence-corrected chi connectivity index (χ1v) is 15.0. The van der Waals surface area contributed by atoms with Crippen molar-refractivity contribution in [3.8, 4) is 5.75 Å². The van der Waals surface area contributed by atoms with Crippen LogP contribution in [0.3, 0.4) is 0 Å². The lowest BCUT2D eigenvalue weighted by Crippen LogP contribution is -2.29. The maximum Gasteiger partial charge on any atom is 0.303 e. The van der Waals surface area contributed by atoms with Gasteiger partial charge in [-0.25, -0.2) is 0 Å². The van der Waals surface area contributed by atoms with Gasteiger partial charge in [0.2, 0.25) is 0 Å². The van der Waals surface area contributed by atoms with Crippen LogP contribution in [0.25, 0.3) is 0 Å². The summed E-state index contributed by atoms with van der Waals surface area (Å²) in [5.41, 5.74) is 3.54. The normalized spacial score (nSPS) is 22.7. The largest absolute Gasteiger partial charge is 0.481 e. The number of halogens is 1. The third kappa shape index (κ3) is 11.3. The van der Waals surface area contributed by atoms with Crippen molar-refractivity contribution in [3.05, 3.63) is 77.9 Å². The highest BCUT2D eigenvalue weighted by Crippen LogP contribution is 2.41. The van der Waals surface area contributed by atoms with Crippen molar-refractivity contribution in [2.75, 3.05) is 13.1 Å². The number of carboxylic acids is 1. The van der Waals surface area contributed by atoms with Crippen molar-refractivity contribution in [1.29, 1.82) is 0 Å². The molecule has 1 spiro atoms. The Morgan fingerprint density at radius 2 is 1.98 bits per heavy atom. The fourth-order valence-electron chi connectivity index (χ4n) is 5.02. The minimum Gasteiger partial charge on any atom is -0.481 e. The number of hydrogen-bond donors (Lipinski definition) is 1. The Bertz CT molecular complexity index is 1230. The number of hydrogen-bond acceptors (Lipinski definition) is 5. The van der Waals surface area contributed by atoms with Crippen LogP contribution >= 0.6 is 11.6 Å². The molecule has 1 saturated heterocycles. The van der Waals surface area contributed by atoms with E-state index in [-0.39, 0.29) is 11.8 Å². The van der Waals surface area contributed by atoms with Crippen LogP contribution in [0.2, 0.25) is 0 Å². The van der Waals surface area contributed by atoms with E-state index in [4.69, 9.17) is 31.5 Å². The zero-order valence-corrected chi connectivity index (χ0v) is 25.3. The van der Waals surface area contributed by atoms with Gasteiger partial charge in [0.25, 0.3) is 0 Å². The molecule has 1 N–H and O–H groups in total. The summed E-state index contributed by atoms with van der Waals surface area (Å²) in [5.74, 6) is -0.0310. The van der Waals surface area contributed by atoms with Gasteiger partial charge >= 0.3 is 5.97 Å². The van der Waals surface area contributed by atoms with Crippen LogP contribution < -0.4 is 4.84 Å². The molecule has 0 saturated carbocycles. The Morgan fingerprint density at radius 3 is 2.78 bits per heavy atom. The molecule has 0 amide bonds. The summed E-state index contributed by atoms with van der Waals surface area (Å²) >= 11 is 6.06. The Labute approximate surface area is 250 Å². The van der Waals surface area contributed by atoms with Crippen LogP contribution in [-0.2, 0) is 4.79 Å². The monoisotopic (exact) mass is 577 g/mol. The summed E-state index contributed by atoms with van der Waals surface area (Å²) in [6.07, 6.45) is 25.4. The van der Waals surface area contributed by atoms with E-state index in [1.807, 2.05) is 44.3 Å². The van der Waals surface area contributed by atoms with E-state index in [0.717, 1.165) is 67.2 Å². The number of nitrogens with zero attached hydrogens (tertiary/aromatic N) is 3. The molecule has 1 fully saturated rings. The van der Waals surface area contributed by atoms with Crippen LogP contribution in [0.15, 0.2) is 87.9 Å². The minimum atomic E-state index is -0.770. The predicted molar refractivity (Wildman–Crippen MR) is 172 cm³/mol.